The molecule has 0 aliphatic carbocycles. The average Bonchev–Trinajstić information content (AvgIpc) is 2.26. The molecule has 0 spiro atoms. The third kappa shape index (κ3) is 4.56. The minimum atomic E-state index is -0.826. The minimum absolute atomic E-state index is 0.0168. The van der Waals surface area contributed by atoms with E-state index < -0.39 is 5.97 Å². The maximum Gasteiger partial charge on any atom is 0.317 e. The zero-order chi connectivity index (χ0) is 14.6. The number of benzene rings is 1. The molecule has 0 heterocycles. The van der Waals surface area contributed by atoms with Gasteiger partial charge in [0.15, 0.2) is 0 Å². The maximum atomic E-state index is 10.7. The van der Waals surface area contributed by atoms with Crippen molar-refractivity contribution in [2.75, 3.05) is 20.7 Å². The molecule has 4 nitrogen and oxygen atoms in total. The van der Waals surface area contributed by atoms with Crippen LogP contribution in [0.4, 0.5) is 0 Å². The number of rotatable bonds is 5. The molecule has 0 aromatic heterocycles. The van der Waals surface area contributed by atoms with Crippen molar-refractivity contribution in [3.63, 3.8) is 0 Å². The second-order valence-corrected chi connectivity index (χ2v) is 5.84. The number of ether oxygens (including phenoxy) is 1. The average molecular weight is 265 g/mol. The molecule has 4 heteroatoms. The fraction of sp³-hybridized carbons (Fsp3) is 0.533. The number of likely N-dealkylation sites (N-methyl/N-ethyl adjacent to an activating group) is 1. The summed E-state index contributed by atoms with van der Waals surface area (Å²) in [5.74, 6) is -0.0290. The van der Waals surface area contributed by atoms with Crippen molar-refractivity contribution in [2.24, 2.45) is 0 Å². The monoisotopic (exact) mass is 265 g/mol. The van der Waals surface area contributed by atoms with E-state index in [1.165, 1.54) is 5.56 Å². The summed E-state index contributed by atoms with van der Waals surface area (Å²) in [6.07, 6.45) is 0. The van der Waals surface area contributed by atoms with E-state index in [4.69, 9.17) is 9.84 Å². The Morgan fingerprint density at radius 2 is 2.00 bits per heavy atom. The van der Waals surface area contributed by atoms with Crippen LogP contribution >= 0.6 is 0 Å². The Morgan fingerprint density at radius 1 is 1.37 bits per heavy atom. The number of carbonyl (C=O) groups is 1. The SMILES string of the molecule is COc1ccc(C(C)(C)C)cc1CN(C)CC(=O)O. The smallest absolute Gasteiger partial charge is 0.317 e. The van der Waals surface area contributed by atoms with E-state index in [-0.39, 0.29) is 12.0 Å². The van der Waals surface area contributed by atoms with Crippen LogP contribution in [0.3, 0.4) is 0 Å². The maximum absolute atomic E-state index is 10.7. The molecule has 1 aromatic rings. The molecule has 19 heavy (non-hydrogen) atoms. The molecule has 106 valence electrons. The summed E-state index contributed by atoms with van der Waals surface area (Å²) in [7, 11) is 3.42. The van der Waals surface area contributed by atoms with Gasteiger partial charge in [0, 0.05) is 12.1 Å². The van der Waals surface area contributed by atoms with Crippen LogP contribution in [0.2, 0.25) is 0 Å². The molecule has 0 atom stereocenters. The Labute approximate surface area is 115 Å². The third-order valence-corrected chi connectivity index (χ3v) is 2.99. The largest absolute Gasteiger partial charge is 0.496 e. The van der Waals surface area contributed by atoms with Gasteiger partial charge < -0.3 is 9.84 Å². The van der Waals surface area contributed by atoms with Crippen LogP contribution in [0.5, 0.6) is 5.75 Å². The third-order valence-electron chi connectivity index (χ3n) is 2.99. The Kier molecular flexibility index (Phi) is 4.95. The lowest BCUT2D eigenvalue weighted by atomic mass is 9.86. The lowest BCUT2D eigenvalue weighted by molar-refractivity contribution is -0.138. The van der Waals surface area contributed by atoms with Crippen molar-refractivity contribution in [2.45, 2.75) is 32.7 Å². The molecule has 0 bridgehead atoms. The van der Waals surface area contributed by atoms with Gasteiger partial charge >= 0.3 is 5.97 Å². The van der Waals surface area contributed by atoms with Gasteiger partial charge in [-0.15, -0.1) is 0 Å². The molecule has 1 rings (SSSR count). The zero-order valence-corrected chi connectivity index (χ0v) is 12.4. The van der Waals surface area contributed by atoms with Gasteiger partial charge in [0.05, 0.1) is 13.7 Å². The quantitative estimate of drug-likeness (QED) is 0.888. The number of carboxylic acid groups (broad SMARTS) is 1. The minimum Gasteiger partial charge on any atom is -0.496 e. The molecular weight excluding hydrogens is 242 g/mol. The first-order chi connectivity index (χ1) is 8.74. The predicted molar refractivity (Wildman–Crippen MR) is 75.7 cm³/mol. The summed E-state index contributed by atoms with van der Waals surface area (Å²) in [6, 6.07) is 6.10. The highest BCUT2D eigenvalue weighted by Crippen LogP contribution is 2.28. The Hall–Kier alpha value is -1.55. The molecular formula is C15H23NO3. The molecule has 0 aliphatic rings. The number of aliphatic carboxylic acids is 1. The molecule has 0 saturated carbocycles. The van der Waals surface area contributed by atoms with Crippen LogP contribution in [0.25, 0.3) is 0 Å². The van der Waals surface area contributed by atoms with Crippen molar-refractivity contribution in [1.29, 1.82) is 0 Å². The summed E-state index contributed by atoms with van der Waals surface area (Å²) in [5.41, 5.74) is 2.29. The van der Waals surface area contributed by atoms with Gasteiger partial charge in [-0.3, -0.25) is 9.69 Å². The van der Waals surface area contributed by atoms with Crippen molar-refractivity contribution < 1.29 is 14.6 Å². The van der Waals surface area contributed by atoms with Crippen molar-refractivity contribution in [3.8, 4) is 5.75 Å². The van der Waals surface area contributed by atoms with E-state index >= 15 is 0 Å². The molecule has 0 radical (unpaired) electrons. The number of hydrogen-bond acceptors (Lipinski definition) is 3. The molecule has 0 unspecified atom stereocenters. The van der Waals surface area contributed by atoms with Gasteiger partial charge in [0.25, 0.3) is 0 Å². The summed E-state index contributed by atoms with van der Waals surface area (Å²) >= 11 is 0. The second kappa shape index (κ2) is 6.06. The second-order valence-electron chi connectivity index (χ2n) is 5.84. The highest BCUT2D eigenvalue weighted by Gasteiger charge is 2.17. The molecule has 0 amide bonds. The first-order valence-corrected chi connectivity index (χ1v) is 6.31. The van der Waals surface area contributed by atoms with E-state index in [0.717, 1.165) is 11.3 Å². The van der Waals surface area contributed by atoms with E-state index in [1.807, 2.05) is 6.07 Å². The lowest BCUT2D eigenvalue weighted by Crippen LogP contribution is -2.25. The fourth-order valence-electron chi connectivity index (χ4n) is 1.95. The topological polar surface area (TPSA) is 49.8 Å². The zero-order valence-electron chi connectivity index (χ0n) is 12.4. The summed E-state index contributed by atoms with van der Waals surface area (Å²) in [5, 5.41) is 8.80. The molecule has 0 fully saturated rings. The van der Waals surface area contributed by atoms with Crippen LogP contribution in [-0.2, 0) is 16.8 Å². The Bertz CT molecular complexity index is 449. The lowest BCUT2D eigenvalue weighted by Gasteiger charge is -2.22. The van der Waals surface area contributed by atoms with Crippen LogP contribution in [0.1, 0.15) is 31.9 Å². The van der Waals surface area contributed by atoms with Crippen molar-refractivity contribution in [1.82, 2.24) is 4.90 Å². The molecule has 1 N–H and O–H groups in total. The fourth-order valence-corrected chi connectivity index (χ4v) is 1.95. The van der Waals surface area contributed by atoms with Gasteiger partial charge in [-0.05, 0) is 24.1 Å². The number of carboxylic acids is 1. The Balaban J connectivity index is 2.99. The predicted octanol–water partition coefficient (Wildman–Crippen LogP) is 2.51. The molecule has 1 aromatic carbocycles. The van der Waals surface area contributed by atoms with Crippen molar-refractivity contribution >= 4 is 5.97 Å². The van der Waals surface area contributed by atoms with Crippen LogP contribution < -0.4 is 4.74 Å². The number of nitrogens with zero attached hydrogens (tertiary/aromatic N) is 1. The first-order valence-electron chi connectivity index (χ1n) is 6.31. The van der Waals surface area contributed by atoms with Gasteiger partial charge in [-0.2, -0.15) is 0 Å². The first kappa shape index (κ1) is 15.5. The number of hydrogen-bond donors (Lipinski definition) is 1. The van der Waals surface area contributed by atoms with Gasteiger partial charge in [-0.1, -0.05) is 32.9 Å². The standard InChI is InChI=1S/C15H23NO3/c1-15(2,3)12-6-7-13(19-5)11(8-12)9-16(4)10-14(17)18/h6-8H,9-10H2,1-5H3,(H,17,18). The highest BCUT2D eigenvalue weighted by atomic mass is 16.5. The normalized spacial score (nSPS) is 11.7. The molecule has 0 aliphatic heterocycles. The molecule has 0 saturated heterocycles. The number of methoxy groups -OCH3 is 1. The summed E-state index contributed by atoms with van der Waals surface area (Å²) < 4.78 is 5.34. The van der Waals surface area contributed by atoms with Gasteiger partial charge in [0.1, 0.15) is 5.75 Å². The summed E-state index contributed by atoms with van der Waals surface area (Å²) in [4.78, 5) is 12.5. The van der Waals surface area contributed by atoms with E-state index in [2.05, 4.69) is 32.9 Å². The van der Waals surface area contributed by atoms with Gasteiger partial charge in [-0.25, -0.2) is 0 Å². The van der Waals surface area contributed by atoms with Crippen molar-refractivity contribution in [3.05, 3.63) is 29.3 Å². The highest BCUT2D eigenvalue weighted by molar-refractivity contribution is 5.69. The van der Waals surface area contributed by atoms with E-state index in [0.29, 0.717) is 6.54 Å². The van der Waals surface area contributed by atoms with Crippen LogP contribution in [0.15, 0.2) is 18.2 Å². The van der Waals surface area contributed by atoms with E-state index in [1.54, 1.807) is 19.1 Å². The van der Waals surface area contributed by atoms with Gasteiger partial charge in [0.2, 0.25) is 0 Å². The Morgan fingerprint density at radius 3 is 2.47 bits per heavy atom. The van der Waals surface area contributed by atoms with Crippen LogP contribution in [-0.4, -0.2) is 36.7 Å². The van der Waals surface area contributed by atoms with E-state index in [9.17, 15) is 4.79 Å². The summed E-state index contributed by atoms with van der Waals surface area (Å²) in [6.45, 7) is 7.03. The van der Waals surface area contributed by atoms with Crippen LogP contribution in [0, 0.1) is 0 Å².